The summed E-state index contributed by atoms with van der Waals surface area (Å²) in [7, 11) is 1.69. The van der Waals surface area contributed by atoms with Gasteiger partial charge in [-0.3, -0.25) is 9.69 Å². The summed E-state index contributed by atoms with van der Waals surface area (Å²) in [6.45, 7) is 4.00. The molecule has 0 aromatic heterocycles. The van der Waals surface area contributed by atoms with Crippen molar-refractivity contribution in [1.82, 2.24) is 9.80 Å². The van der Waals surface area contributed by atoms with Crippen LogP contribution in [0.1, 0.15) is 18.4 Å². The molecule has 8 heteroatoms. The van der Waals surface area contributed by atoms with Crippen LogP contribution in [0.3, 0.4) is 0 Å². The highest BCUT2D eigenvalue weighted by atomic mass is 35.5. The highest BCUT2D eigenvalue weighted by Gasteiger charge is 2.37. The third-order valence-electron chi connectivity index (χ3n) is 5.20. The summed E-state index contributed by atoms with van der Waals surface area (Å²) < 4.78 is 5.41. The van der Waals surface area contributed by atoms with Gasteiger partial charge in [-0.15, -0.1) is 24.8 Å². The van der Waals surface area contributed by atoms with Crippen molar-refractivity contribution in [2.45, 2.75) is 31.5 Å². The molecule has 0 spiro atoms. The van der Waals surface area contributed by atoms with Gasteiger partial charge in [0.1, 0.15) is 5.75 Å². The van der Waals surface area contributed by atoms with E-state index in [1.807, 2.05) is 23.1 Å². The van der Waals surface area contributed by atoms with Gasteiger partial charge in [0.25, 0.3) is 0 Å². The molecule has 1 heterocycles. The number of hydrogen-bond donors (Lipinski definition) is 2. The number of aliphatic hydroxyl groups is 1. The number of piperazine rings is 1. The smallest absolute Gasteiger partial charge is 0.225 e. The molecule has 1 aliphatic heterocycles. The van der Waals surface area contributed by atoms with Crippen LogP contribution in [0.2, 0.25) is 0 Å². The number of benzene rings is 1. The van der Waals surface area contributed by atoms with Gasteiger partial charge in [-0.1, -0.05) is 18.2 Å². The van der Waals surface area contributed by atoms with E-state index in [-0.39, 0.29) is 42.7 Å². The minimum atomic E-state index is -0.536. The van der Waals surface area contributed by atoms with Crippen molar-refractivity contribution >= 4 is 30.7 Å². The largest absolute Gasteiger partial charge is 0.496 e. The molecular formula is C18H29Cl2N3O3. The molecule has 1 aliphatic carbocycles. The third-order valence-corrected chi connectivity index (χ3v) is 5.20. The Hall–Kier alpha value is -1.05. The first-order valence-corrected chi connectivity index (χ1v) is 8.65. The van der Waals surface area contributed by atoms with Gasteiger partial charge >= 0.3 is 0 Å². The minimum Gasteiger partial charge on any atom is -0.496 e. The molecule has 1 aromatic carbocycles. The van der Waals surface area contributed by atoms with Gasteiger partial charge in [0, 0.05) is 50.2 Å². The molecule has 0 bridgehead atoms. The summed E-state index contributed by atoms with van der Waals surface area (Å²) in [5, 5.41) is 9.76. The Bertz CT molecular complexity index is 573. The molecule has 6 nitrogen and oxygen atoms in total. The lowest BCUT2D eigenvalue weighted by molar-refractivity contribution is -0.137. The average molecular weight is 406 g/mol. The predicted octanol–water partition coefficient (Wildman–Crippen LogP) is 1.28. The Morgan fingerprint density at radius 1 is 1.19 bits per heavy atom. The van der Waals surface area contributed by atoms with Gasteiger partial charge in [0.2, 0.25) is 5.91 Å². The van der Waals surface area contributed by atoms with Crippen molar-refractivity contribution in [3.63, 3.8) is 0 Å². The van der Waals surface area contributed by atoms with E-state index in [4.69, 9.17) is 10.5 Å². The zero-order chi connectivity index (χ0) is 17.1. The topological polar surface area (TPSA) is 79.0 Å². The second-order valence-electron chi connectivity index (χ2n) is 6.81. The summed E-state index contributed by atoms with van der Waals surface area (Å²) in [5.74, 6) is 0.944. The Balaban J connectivity index is 0.00000169. The zero-order valence-corrected chi connectivity index (χ0v) is 16.7. The summed E-state index contributed by atoms with van der Waals surface area (Å²) in [6.07, 6.45) is 0.564. The number of para-hydroxylation sites is 1. The average Bonchev–Trinajstić information content (AvgIpc) is 2.94. The van der Waals surface area contributed by atoms with E-state index in [0.29, 0.717) is 12.8 Å². The highest BCUT2D eigenvalue weighted by Crippen LogP contribution is 2.27. The lowest BCUT2D eigenvalue weighted by Gasteiger charge is -2.36. The number of ether oxygens (including phenoxy) is 1. The lowest BCUT2D eigenvalue weighted by atomic mass is 10.1. The zero-order valence-electron chi connectivity index (χ0n) is 15.0. The number of carbonyl (C=O) groups excluding carboxylic acids is 1. The van der Waals surface area contributed by atoms with Gasteiger partial charge in [-0.25, -0.2) is 0 Å². The molecule has 3 atom stereocenters. The number of nitrogens with zero attached hydrogens (tertiary/aromatic N) is 2. The Kier molecular flexibility index (Phi) is 9.13. The molecule has 2 fully saturated rings. The van der Waals surface area contributed by atoms with Crippen molar-refractivity contribution in [3.8, 4) is 5.75 Å². The van der Waals surface area contributed by atoms with Crippen LogP contribution < -0.4 is 10.5 Å². The van der Waals surface area contributed by atoms with Crippen LogP contribution >= 0.6 is 24.8 Å². The quantitative estimate of drug-likeness (QED) is 0.788. The number of aliphatic hydroxyl groups excluding tert-OH is 1. The molecule has 26 heavy (non-hydrogen) atoms. The minimum absolute atomic E-state index is 0. The van der Waals surface area contributed by atoms with E-state index < -0.39 is 6.10 Å². The van der Waals surface area contributed by atoms with Crippen LogP contribution in [-0.4, -0.2) is 66.2 Å². The molecular weight excluding hydrogens is 377 g/mol. The molecule has 1 saturated heterocycles. The number of amides is 1. The maximum atomic E-state index is 12.6. The van der Waals surface area contributed by atoms with Crippen LogP contribution in [0.5, 0.6) is 5.75 Å². The molecule has 3 rings (SSSR count). The number of nitrogens with two attached hydrogens (primary N) is 1. The molecule has 3 N–H and O–H groups in total. The van der Waals surface area contributed by atoms with Crippen LogP contribution in [0.4, 0.5) is 0 Å². The van der Waals surface area contributed by atoms with Gasteiger partial charge in [-0.05, 0) is 18.9 Å². The van der Waals surface area contributed by atoms with Gasteiger partial charge in [0.05, 0.1) is 13.2 Å². The second kappa shape index (κ2) is 10.3. The summed E-state index contributed by atoms with van der Waals surface area (Å²) >= 11 is 0. The fourth-order valence-electron chi connectivity index (χ4n) is 3.71. The van der Waals surface area contributed by atoms with Crippen molar-refractivity contribution in [3.05, 3.63) is 29.8 Å². The predicted molar refractivity (Wildman–Crippen MR) is 106 cm³/mol. The molecule has 0 unspecified atom stereocenters. The SMILES string of the molecule is COc1ccccc1CN1CCN(C(=O)[C@H]2C[C@H](N)[C@@H](O)C2)CC1.Cl.Cl. The van der Waals surface area contributed by atoms with Crippen LogP contribution in [-0.2, 0) is 11.3 Å². The molecule has 1 saturated carbocycles. The number of carbonyl (C=O) groups is 1. The Morgan fingerprint density at radius 2 is 1.85 bits per heavy atom. The van der Waals surface area contributed by atoms with Crippen LogP contribution in [0.25, 0.3) is 0 Å². The molecule has 1 amide bonds. The van der Waals surface area contributed by atoms with Crippen molar-refractivity contribution in [1.29, 1.82) is 0 Å². The highest BCUT2D eigenvalue weighted by molar-refractivity contribution is 5.85. The first kappa shape index (κ1) is 23.0. The van der Waals surface area contributed by atoms with E-state index in [1.165, 1.54) is 5.56 Å². The summed E-state index contributed by atoms with van der Waals surface area (Å²) in [4.78, 5) is 16.8. The normalized spacial score (nSPS) is 26.0. The maximum Gasteiger partial charge on any atom is 0.225 e. The molecule has 1 aromatic rings. The Labute approximate surface area is 167 Å². The van der Waals surface area contributed by atoms with E-state index in [2.05, 4.69) is 11.0 Å². The van der Waals surface area contributed by atoms with Gasteiger partial charge in [-0.2, -0.15) is 0 Å². The third kappa shape index (κ3) is 5.24. The monoisotopic (exact) mass is 405 g/mol. The van der Waals surface area contributed by atoms with E-state index in [0.717, 1.165) is 38.5 Å². The summed E-state index contributed by atoms with van der Waals surface area (Å²) in [6, 6.07) is 7.79. The summed E-state index contributed by atoms with van der Waals surface area (Å²) in [5.41, 5.74) is 7.00. The molecule has 2 aliphatic rings. The number of rotatable bonds is 4. The van der Waals surface area contributed by atoms with Gasteiger partial charge in [0.15, 0.2) is 0 Å². The van der Waals surface area contributed by atoms with Gasteiger partial charge < -0.3 is 20.5 Å². The molecule has 148 valence electrons. The van der Waals surface area contributed by atoms with E-state index in [9.17, 15) is 9.90 Å². The van der Waals surface area contributed by atoms with Crippen molar-refractivity contribution in [2.75, 3.05) is 33.3 Å². The standard InChI is InChI=1S/C18H27N3O3.2ClH/c1-24-17-5-3-2-4-13(17)12-20-6-8-21(9-7-20)18(23)14-10-15(19)16(22)11-14;;/h2-5,14-16,22H,6-12,19H2,1H3;2*1H/t14-,15-,16-;;/m0../s1. The fourth-order valence-corrected chi connectivity index (χ4v) is 3.71. The maximum absolute atomic E-state index is 12.6. The second-order valence-corrected chi connectivity index (χ2v) is 6.81. The van der Waals surface area contributed by atoms with Crippen molar-refractivity contribution < 1.29 is 14.6 Å². The van der Waals surface area contributed by atoms with Crippen LogP contribution in [0, 0.1) is 5.92 Å². The Morgan fingerprint density at radius 3 is 2.42 bits per heavy atom. The number of hydrogen-bond acceptors (Lipinski definition) is 5. The fraction of sp³-hybridized carbons (Fsp3) is 0.611. The molecule has 0 radical (unpaired) electrons. The first-order chi connectivity index (χ1) is 11.6. The lowest BCUT2D eigenvalue weighted by Crippen LogP contribution is -2.49. The van der Waals surface area contributed by atoms with E-state index in [1.54, 1.807) is 7.11 Å². The van der Waals surface area contributed by atoms with Crippen molar-refractivity contribution in [2.24, 2.45) is 11.7 Å². The first-order valence-electron chi connectivity index (χ1n) is 8.65. The van der Waals surface area contributed by atoms with E-state index >= 15 is 0 Å². The van der Waals surface area contributed by atoms with Crippen LogP contribution in [0.15, 0.2) is 24.3 Å². The number of halogens is 2. The number of methoxy groups -OCH3 is 1.